The van der Waals surface area contributed by atoms with Crippen LogP contribution in [-0.2, 0) is 11.2 Å². The van der Waals surface area contributed by atoms with Gasteiger partial charge in [0.05, 0.1) is 11.4 Å². The third-order valence-corrected chi connectivity index (χ3v) is 3.84. The van der Waals surface area contributed by atoms with Crippen LogP contribution in [0.3, 0.4) is 0 Å². The summed E-state index contributed by atoms with van der Waals surface area (Å²) in [5.41, 5.74) is 1.52. The van der Waals surface area contributed by atoms with E-state index in [1.54, 1.807) is 12.1 Å². The Labute approximate surface area is 165 Å². The second-order valence-corrected chi connectivity index (χ2v) is 6.27. The molecule has 2 aromatic rings. The number of hydrogen-bond donors (Lipinski definition) is 3. The number of alkyl halides is 3. The number of rotatable bonds is 9. The second kappa shape index (κ2) is 10.0. The van der Waals surface area contributed by atoms with Crippen LogP contribution >= 0.6 is 0 Å². The Hall–Kier alpha value is -2.95. The molecule has 2 amide bonds. The van der Waals surface area contributed by atoms with Gasteiger partial charge >= 0.3 is 6.18 Å². The maximum atomic E-state index is 12.3. The zero-order chi connectivity index (χ0) is 21.4. The van der Waals surface area contributed by atoms with Gasteiger partial charge in [-0.1, -0.05) is 18.6 Å². The molecule has 0 fully saturated rings. The van der Waals surface area contributed by atoms with E-state index in [-0.39, 0.29) is 18.0 Å². The van der Waals surface area contributed by atoms with E-state index >= 15 is 0 Å². The van der Waals surface area contributed by atoms with Gasteiger partial charge in [-0.3, -0.25) is 9.59 Å². The average molecular weight is 413 g/mol. The lowest BCUT2D eigenvalue weighted by Crippen LogP contribution is -2.26. The summed E-state index contributed by atoms with van der Waals surface area (Å²) in [5.74, 6) is -1.55. The summed E-state index contributed by atoms with van der Waals surface area (Å²) < 4.78 is 38.2. The molecular weight excluding hydrogens is 391 g/mol. The molecule has 0 aliphatic heterocycles. The summed E-state index contributed by atoms with van der Waals surface area (Å²) in [7, 11) is 0. The number of halogens is 3. The molecule has 8 nitrogen and oxygen atoms in total. The number of nitrogens with one attached hydrogen (secondary N) is 2. The van der Waals surface area contributed by atoms with Crippen molar-refractivity contribution in [3.63, 3.8) is 0 Å². The van der Waals surface area contributed by atoms with Crippen LogP contribution in [-0.4, -0.2) is 51.2 Å². The summed E-state index contributed by atoms with van der Waals surface area (Å²) >= 11 is 0. The fraction of sp³-hybridized carbons (Fsp3) is 0.444. The van der Waals surface area contributed by atoms with Gasteiger partial charge in [0.1, 0.15) is 6.42 Å². The first-order valence-electron chi connectivity index (χ1n) is 9.05. The zero-order valence-electron chi connectivity index (χ0n) is 15.8. The molecule has 0 saturated heterocycles. The highest BCUT2D eigenvalue weighted by atomic mass is 19.4. The first-order valence-corrected chi connectivity index (χ1v) is 9.05. The molecule has 0 atom stereocenters. The molecule has 0 aliphatic carbocycles. The number of nitrogens with zero attached hydrogens (tertiary/aromatic N) is 3. The highest BCUT2D eigenvalue weighted by molar-refractivity contribution is 5.93. The van der Waals surface area contributed by atoms with Gasteiger partial charge in [-0.25, -0.2) is 4.68 Å². The topological polar surface area (TPSA) is 109 Å². The third kappa shape index (κ3) is 6.56. The summed E-state index contributed by atoms with van der Waals surface area (Å²) in [6, 6.07) is 6.01. The minimum absolute atomic E-state index is 0.0410. The summed E-state index contributed by atoms with van der Waals surface area (Å²) in [5, 5.41) is 21.6. The van der Waals surface area contributed by atoms with Crippen LogP contribution in [0.4, 0.5) is 18.9 Å². The van der Waals surface area contributed by atoms with Gasteiger partial charge in [0.25, 0.3) is 5.91 Å². The van der Waals surface area contributed by atoms with Crippen molar-refractivity contribution in [3.05, 3.63) is 35.7 Å². The van der Waals surface area contributed by atoms with Gasteiger partial charge in [-0.15, -0.1) is 5.10 Å². The highest BCUT2D eigenvalue weighted by Gasteiger charge is 2.31. The Morgan fingerprint density at radius 3 is 2.48 bits per heavy atom. The molecule has 0 bridgehead atoms. The van der Waals surface area contributed by atoms with Crippen LogP contribution in [0.2, 0.25) is 0 Å². The Morgan fingerprint density at radius 2 is 1.90 bits per heavy atom. The van der Waals surface area contributed by atoms with E-state index in [0.29, 0.717) is 30.8 Å². The summed E-state index contributed by atoms with van der Waals surface area (Å²) in [4.78, 5) is 23.7. The lowest BCUT2D eigenvalue weighted by atomic mass is 10.2. The molecule has 0 unspecified atom stereocenters. The molecule has 29 heavy (non-hydrogen) atoms. The smallest absolute Gasteiger partial charge is 0.396 e. The molecule has 2 rings (SSSR count). The van der Waals surface area contributed by atoms with Crippen LogP contribution in [0.15, 0.2) is 24.3 Å². The van der Waals surface area contributed by atoms with Crippen molar-refractivity contribution in [1.82, 2.24) is 20.3 Å². The maximum Gasteiger partial charge on any atom is 0.397 e. The second-order valence-electron chi connectivity index (χ2n) is 6.27. The minimum atomic E-state index is -4.58. The molecule has 3 N–H and O–H groups in total. The maximum absolute atomic E-state index is 12.3. The number of hydrogen-bond acceptors (Lipinski definition) is 5. The Morgan fingerprint density at radius 1 is 1.21 bits per heavy atom. The van der Waals surface area contributed by atoms with Crippen molar-refractivity contribution in [2.75, 3.05) is 18.5 Å². The van der Waals surface area contributed by atoms with Gasteiger partial charge in [0.15, 0.2) is 5.69 Å². The molecule has 0 saturated carbocycles. The normalized spacial score (nSPS) is 11.3. The van der Waals surface area contributed by atoms with E-state index < -0.39 is 24.4 Å². The Bertz CT molecular complexity index is 834. The van der Waals surface area contributed by atoms with Gasteiger partial charge in [0, 0.05) is 18.8 Å². The molecule has 0 spiro atoms. The molecule has 1 heterocycles. The SMILES string of the molecule is CCCc1c(C(=O)NCCCO)nnn1-c1ccc(NC(=O)CC(F)(F)F)cc1. The standard InChI is InChI=1S/C18H22F3N5O3/c1-2-4-14-16(17(29)22-9-3-10-27)24-25-26(14)13-7-5-12(6-8-13)23-15(28)11-18(19,20)21/h5-8,27H,2-4,9-11H2,1H3,(H,22,29)(H,23,28). The van der Waals surface area contributed by atoms with Crippen LogP contribution < -0.4 is 10.6 Å². The van der Waals surface area contributed by atoms with Crippen molar-refractivity contribution < 1.29 is 27.9 Å². The molecule has 158 valence electrons. The van der Waals surface area contributed by atoms with E-state index in [2.05, 4.69) is 20.9 Å². The lowest BCUT2D eigenvalue weighted by molar-refractivity contribution is -0.150. The van der Waals surface area contributed by atoms with Crippen LogP contribution in [0.5, 0.6) is 0 Å². The number of aliphatic hydroxyl groups is 1. The van der Waals surface area contributed by atoms with Crippen molar-refractivity contribution in [2.45, 2.75) is 38.8 Å². The van der Waals surface area contributed by atoms with E-state index in [9.17, 15) is 22.8 Å². The van der Waals surface area contributed by atoms with E-state index in [1.807, 2.05) is 6.92 Å². The van der Waals surface area contributed by atoms with Gasteiger partial charge in [-0.05, 0) is 37.1 Å². The number of benzene rings is 1. The average Bonchev–Trinajstić information content (AvgIpc) is 3.05. The van der Waals surface area contributed by atoms with E-state index in [0.717, 1.165) is 6.42 Å². The molecule has 0 aliphatic rings. The monoisotopic (exact) mass is 413 g/mol. The fourth-order valence-electron chi connectivity index (χ4n) is 2.58. The first kappa shape index (κ1) is 22.3. The summed E-state index contributed by atoms with van der Waals surface area (Å²) in [6.45, 7) is 2.20. The number of anilines is 1. The predicted octanol–water partition coefficient (Wildman–Crippen LogP) is 2.22. The molecular formula is C18H22F3N5O3. The molecule has 1 aromatic heterocycles. The predicted molar refractivity (Wildman–Crippen MR) is 98.7 cm³/mol. The molecule has 1 aromatic carbocycles. The number of amides is 2. The number of aromatic nitrogens is 3. The van der Waals surface area contributed by atoms with Crippen LogP contribution in [0.1, 0.15) is 42.4 Å². The molecule has 11 heteroatoms. The minimum Gasteiger partial charge on any atom is -0.396 e. The zero-order valence-corrected chi connectivity index (χ0v) is 15.8. The first-order chi connectivity index (χ1) is 13.7. The van der Waals surface area contributed by atoms with Gasteiger partial charge in [-0.2, -0.15) is 13.2 Å². The third-order valence-electron chi connectivity index (χ3n) is 3.84. The van der Waals surface area contributed by atoms with Crippen molar-refractivity contribution >= 4 is 17.5 Å². The molecule has 0 radical (unpaired) electrons. The van der Waals surface area contributed by atoms with Gasteiger partial charge < -0.3 is 15.7 Å². The highest BCUT2D eigenvalue weighted by Crippen LogP contribution is 2.21. The Kier molecular flexibility index (Phi) is 7.71. The summed E-state index contributed by atoms with van der Waals surface area (Å²) in [6.07, 6.45) is -4.46. The van der Waals surface area contributed by atoms with E-state index in [4.69, 9.17) is 5.11 Å². The van der Waals surface area contributed by atoms with Crippen LogP contribution in [0, 0.1) is 0 Å². The fourth-order valence-corrected chi connectivity index (χ4v) is 2.58. The lowest BCUT2D eigenvalue weighted by Gasteiger charge is -2.10. The van der Waals surface area contributed by atoms with Crippen molar-refractivity contribution in [1.29, 1.82) is 0 Å². The number of carbonyl (C=O) groups is 2. The number of carbonyl (C=O) groups excluding carboxylic acids is 2. The van der Waals surface area contributed by atoms with E-state index in [1.165, 1.54) is 16.8 Å². The number of aliphatic hydroxyl groups excluding tert-OH is 1. The van der Waals surface area contributed by atoms with Crippen molar-refractivity contribution in [3.8, 4) is 5.69 Å². The quantitative estimate of drug-likeness (QED) is 0.546. The van der Waals surface area contributed by atoms with Crippen molar-refractivity contribution in [2.24, 2.45) is 0 Å². The van der Waals surface area contributed by atoms with Gasteiger partial charge in [0.2, 0.25) is 5.91 Å². The van der Waals surface area contributed by atoms with Crippen LogP contribution in [0.25, 0.3) is 5.69 Å². The largest absolute Gasteiger partial charge is 0.397 e. The Balaban J connectivity index is 2.17.